The van der Waals surface area contributed by atoms with Crippen molar-refractivity contribution in [3.63, 3.8) is 0 Å². The molecule has 0 saturated carbocycles. The van der Waals surface area contributed by atoms with Gasteiger partial charge in [-0.1, -0.05) is 49.3 Å². The van der Waals surface area contributed by atoms with Gasteiger partial charge in [0.2, 0.25) is 11.9 Å². The van der Waals surface area contributed by atoms with Crippen LogP contribution < -0.4 is 0 Å². The third kappa shape index (κ3) is 2.17. The monoisotopic (exact) mass is 228 g/mol. The number of isocyanates is 1. The zero-order chi connectivity index (χ0) is 12.3. The van der Waals surface area contributed by atoms with Crippen LogP contribution in [0.1, 0.15) is 25.3 Å². The van der Waals surface area contributed by atoms with Gasteiger partial charge >= 0.3 is 0 Å². The van der Waals surface area contributed by atoms with E-state index < -0.39 is 0 Å². The second-order valence-corrected chi connectivity index (χ2v) is 3.97. The Morgan fingerprint density at radius 3 is 2.59 bits per heavy atom. The molecule has 0 aliphatic carbocycles. The minimum atomic E-state index is 0.170. The van der Waals surface area contributed by atoms with E-state index in [1.54, 1.807) is 0 Å². The molecule has 0 N–H and O–H groups in total. The Kier molecular flexibility index (Phi) is 3.17. The molecule has 2 rings (SSSR count). The summed E-state index contributed by atoms with van der Waals surface area (Å²) in [5.41, 5.74) is 1.76. The van der Waals surface area contributed by atoms with Crippen LogP contribution >= 0.6 is 0 Å². The zero-order valence-corrected chi connectivity index (χ0v) is 9.68. The quantitative estimate of drug-likeness (QED) is 0.597. The van der Waals surface area contributed by atoms with Gasteiger partial charge in [-0.15, -0.1) is 4.99 Å². The molecule has 0 atom stereocenters. The van der Waals surface area contributed by atoms with Crippen LogP contribution in [0.4, 0.5) is 5.82 Å². The van der Waals surface area contributed by atoms with Gasteiger partial charge in [-0.2, -0.15) is 0 Å². The molecule has 2 aromatic rings. The molecule has 0 fully saturated rings. The number of aliphatic imine (C=N–C) groups is 1. The van der Waals surface area contributed by atoms with Gasteiger partial charge in [-0.3, -0.25) is 0 Å². The number of hydrogen-bond acceptors (Lipinski definition) is 4. The van der Waals surface area contributed by atoms with Crippen LogP contribution in [0.5, 0.6) is 0 Å². The molecule has 0 amide bonds. The summed E-state index contributed by atoms with van der Waals surface area (Å²) < 4.78 is 5.27. The summed E-state index contributed by atoms with van der Waals surface area (Å²) in [6, 6.07) is 9.64. The van der Waals surface area contributed by atoms with Crippen molar-refractivity contribution in [1.82, 2.24) is 5.16 Å². The summed E-state index contributed by atoms with van der Waals surface area (Å²) in [5, 5.41) is 3.80. The molecule has 0 bridgehead atoms. The number of hydrogen-bond donors (Lipinski definition) is 0. The Morgan fingerprint density at radius 2 is 2.00 bits per heavy atom. The summed E-state index contributed by atoms with van der Waals surface area (Å²) in [5.74, 6) is 1.15. The molecule has 17 heavy (non-hydrogen) atoms. The number of nitrogens with zero attached hydrogens (tertiary/aromatic N) is 2. The first-order valence-corrected chi connectivity index (χ1v) is 5.37. The Balaban J connectivity index is 2.59. The maximum atomic E-state index is 10.3. The Bertz CT molecular complexity index is 552. The van der Waals surface area contributed by atoms with Gasteiger partial charge in [0.15, 0.2) is 5.76 Å². The lowest BCUT2D eigenvalue weighted by Crippen LogP contribution is -1.88. The molecule has 1 aromatic heterocycles. The van der Waals surface area contributed by atoms with Crippen LogP contribution in [-0.2, 0) is 4.79 Å². The van der Waals surface area contributed by atoms with Crippen molar-refractivity contribution in [2.45, 2.75) is 19.8 Å². The minimum absolute atomic E-state index is 0.170. The predicted molar refractivity (Wildman–Crippen MR) is 63.8 cm³/mol. The molecule has 0 spiro atoms. The van der Waals surface area contributed by atoms with E-state index in [-0.39, 0.29) is 5.92 Å². The summed E-state index contributed by atoms with van der Waals surface area (Å²) >= 11 is 0. The van der Waals surface area contributed by atoms with Crippen molar-refractivity contribution in [2.75, 3.05) is 0 Å². The zero-order valence-electron chi connectivity index (χ0n) is 9.68. The van der Waals surface area contributed by atoms with Crippen molar-refractivity contribution >= 4 is 11.9 Å². The topological polar surface area (TPSA) is 55.5 Å². The minimum Gasteiger partial charge on any atom is -0.354 e. The van der Waals surface area contributed by atoms with E-state index in [4.69, 9.17) is 4.52 Å². The van der Waals surface area contributed by atoms with Crippen LogP contribution in [0.2, 0.25) is 0 Å². The van der Waals surface area contributed by atoms with Gasteiger partial charge in [0, 0.05) is 11.1 Å². The number of carbonyl (C=O) groups excluding carboxylic acids is 1. The third-order valence-corrected chi connectivity index (χ3v) is 2.47. The summed E-state index contributed by atoms with van der Waals surface area (Å²) in [6.07, 6.45) is 1.50. The van der Waals surface area contributed by atoms with Crippen molar-refractivity contribution in [2.24, 2.45) is 4.99 Å². The highest BCUT2D eigenvalue weighted by atomic mass is 16.5. The SMILES string of the molecule is CC(C)c1c(N=C=O)noc1-c1ccccc1. The second kappa shape index (κ2) is 4.76. The third-order valence-electron chi connectivity index (χ3n) is 2.47. The van der Waals surface area contributed by atoms with E-state index in [9.17, 15) is 4.79 Å². The van der Waals surface area contributed by atoms with Crippen LogP contribution in [-0.4, -0.2) is 11.2 Å². The lowest BCUT2D eigenvalue weighted by molar-refractivity contribution is 0.433. The number of aromatic nitrogens is 1. The molecule has 0 aliphatic rings. The van der Waals surface area contributed by atoms with Gasteiger partial charge in [-0.05, 0) is 5.92 Å². The first-order chi connectivity index (χ1) is 8.24. The van der Waals surface area contributed by atoms with Crippen molar-refractivity contribution in [3.05, 3.63) is 35.9 Å². The smallest absolute Gasteiger partial charge is 0.242 e. The molecule has 1 heterocycles. The highest BCUT2D eigenvalue weighted by molar-refractivity contribution is 5.67. The predicted octanol–water partition coefficient (Wildman–Crippen LogP) is 3.43. The van der Waals surface area contributed by atoms with Crippen molar-refractivity contribution < 1.29 is 9.32 Å². The molecule has 1 aromatic carbocycles. The summed E-state index contributed by atoms with van der Waals surface area (Å²) in [7, 11) is 0. The average Bonchev–Trinajstić information content (AvgIpc) is 2.74. The largest absolute Gasteiger partial charge is 0.354 e. The fourth-order valence-corrected chi connectivity index (χ4v) is 1.73. The maximum absolute atomic E-state index is 10.3. The molecular weight excluding hydrogens is 216 g/mol. The highest BCUT2D eigenvalue weighted by Crippen LogP contribution is 2.35. The Labute approximate surface area is 99.0 Å². The normalized spacial score (nSPS) is 10.3. The highest BCUT2D eigenvalue weighted by Gasteiger charge is 2.19. The molecule has 4 nitrogen and oxygen atoms in total. The summed E-state index contributed by atoms with van der Waals surface area (Å²) in [6.45, 7) is 4.01. The Morgan fingerprint density at radius 1 is 1.29 bits per heavy atom. The number of benzene rings is 1. The van der Waals surface area contributed by atoms with Crippen LogP contribution in [0.25, 0.3) is 11.3 Å². The fourth-order valence-electron chi connectivity index (χ4n) is 1.73. The van der Waals surface area contributed by atoms with E-state index in [2.05, 4.69) is 10.1 Å². The van der Waals surface area contributed by atoms with Gasteiger partial charge in [0.1, 0.15) is 0 Å². The lowest BCUT2D eigenvalue weighted by atomic mass is 9.99. The van der Waals surface area contributed by atoms with E-state index in [0.717, 1.165) is 11.1 Å². The molecule has 4 heteroatoms. The maximum Gasteiger partial charge on any atom is 0.242 e. The molecule has 0 saturated heterocycles. The first kappa shape index (κ1) is 11.3. The summed E-state index contributed by atoms with van der Waals surface area (Å²) in [4.78, 5) is 13.9. The number of rotatable bonds is 3. The van der Waals surface area contributed by atoms with Crippen LogP contribution in [0, 0.1) is 0 Å². The second-order valence-electron chi connectivity index (χ2n) is 3.97. The molecule has 0 aliphatic heterocycles. The fraction of sp³-hybridized carbons (Fsp3) is 0.231. The average molecular weight is 228 g/mol. The molecule has 0 radical (unpaired) electrons. The first-order valence-electron chi connectivity index (χ1n) is 5.37. The lowest BCUT2D eigenvalue weighted by Gasteiger charge is -2.04. The molecule has 86 valence electrons. The van der Waals surface area contributed by atoms with E-state index in [0.29, 0.717) is 11.6 Å². The van der Waals surface area contributed by atoms with Gasteiger partial charge in [0.05, 0.1) is 0 Å². The van der Waals surface area contributed by atoms with Crippen molar-refractivity contribution in [3.8, 4) is 11.3 Å². The van der Waals surface area contributed by atoms with Crippen molar-refractivity contribution in [1.29, 1.82) is 0 Å². The Hall–Kier alpha value is -2.19. The van der Waals surface area contributed by atoms with Gasteiger partial charge in [-0.25, -0.2) is 4.79 Å². The van der Waals surface area contributed by atoms with Gasteiger partial charge in [0.25, 0.3) is 0 Å². The van der Waals surface area contributed by atoms with Crippen LogP contribution in [0.15, 0.2) is 39.8 Å². The molecular formula is C13H12N2O2. The van der Waals surface area contributed by atoms with Gasteiger partial charge < -0.3 is 4.52 Å². The van der Waals surface area contributed by atoms with E-state index in [1.807, 2.05) is 44.2 Å². The molecule has 0 unspecified atom stereocenters. The standard InChI is InChI=1S/C13H12N2O2/c1-9(2)11-12(10-6-4-3-5-7-10)17-15-13(11)14-8-16/h3-7,9H,1-2H3. The van der Waals surface area contributed by atoms with E-state index >= 15 is 0 Å². The van der Waals surface area contributed by atoms with Crippen LogP contribution in [0.3, 0.4) is 0 Å². The van der Waals surface area contributed by atoms with E-state index in [1.165, 1.54) is 6.08 Å².